The first-order valence-electron chi connectivity index (χ1n) is 4.66. The van der Waals surface area contributed by atoms with E-state index in [-0.39, 0.29) is 6.04 Å². The largest absolute Gasteiger partial charge is 0.314 e. The van der Waals surface area contributed by atoms with Gasteiger partial charge in [0.15, 0.2) is 11.6 Å². The monoisotopic (exact) mass is 198 g/mol. The minimum atomic E-state index is -0.794. The highest BCUT2D eigenvalue weighted by molar-refractivity contribution is 5.22. The number of rotatable bonds is 1. The number of benzene rings is 1. The Hall–Kier alpha value is -1.00. The van der Waals surface area contributed by atoms with Crippen molar-refractivity contribution in [3.8, 4) is 0 Å². The summed E-state index contributed by atoms with van der Waals surface area (Å²) < 4.78 is 25.6. The van der Waals surface area contributed by atoms with Crippen molar-refractivity contribution < 1.29 is 8.78 Å². The molecule has 14 heavy (non-hydrogen) atoms. The van der Waals surface area contributed by atoms with Crippen LogP contribution in [0.3, 0.4) is 0 Å². The Balaban J connectivity index is 2.18. The van der Waals surface area contributed by atoms with Crippen LogP contribution in [0.25, 0.3) is 0 Å². The predicted molar refractivity (Wildman–Crippen MR) is 50.0 cm³/mol. The van der Waals surface area contributed by atoms with E-state index in [4.69, 9.17) is 0 Å². The van der Waals surface area contributed by atoms with Crippen molar-refractivity contribution in [2.45, 2.75) is 6.04 Å². The average Bonchev–Trinajstić information content (AvgIpc) is 2.23. The van der Waals surface area contributed by atoms with E-state index in [1.54, 1.807) is 6.07 Å². The van der Waals surface area contributed by atoms with Crippen molar-refractivity contribution in [2.75, 3.05) is 19.6 Å². The van der Waals surface area contributed by atoms with Gasteiger partial charge in [0.1, 0.15) is 0 Å². The first-order chi connectivity index (χ1) is 6.77. The van der Waals surface area contributed by atoms with Crippen LogP contribution in [0, 0.1) is 11.6 Å². The molecular weight excluding hydrogens is 186 g/mol. The lowest BCUT2D eigenvalue weighted by Gasteiger charge is -2.24. The van der Waals surface area contributed by atoms with Crippen molar-refractivity contribution in [1.29, 1.82) is 0 Å². The maximum absolute atomic E-state index is 12.9. The van der Waals surface area contributed by atoms with Crippen LogP contribution in [-0.4, -0.2) is 19.6 Å². The zero-order chi connectivity index (χ0) is 9.97. The van der Waals surface area contributed by atoms with E-state index in [0.717, 1.165) is 25.2 Å². The SMILES string of the molecule is Fc1ccc([C@H]2CNCCN2)cc1F. The van der Waals surface area contributed by atoms with Gasteiger partial charge in [-0.3, -0.25) is 0 Å². The Kier molecular flexibility index (Phi) is 2.74. The first-order valence-corrected chi connectivity index (χ1v) is 4.66. The summed E-state index contributed by atoms with van der Waals surface area (Å²) in [5.41, 5.74) is 0.788. The smallest absolute Gasteiger partial charge is 0.159 e. The lowest BCUT2D eigenvalue weighted by molar-refractivity contribution is 0.426. The summed E-state index contributed by atoms with van der Waals surface area (Å²) in [6.07, 6.45) is 0. The van der Waals surface area contributed by atoms with Crippen LogP contribution in [0.5, 0.6) is 0 Å². The Morgan fingerprint density at radius 1 is 1.14 bits per heavy atom. The topological polar surface area (TPSA) is 24.1 Å². The van der Waals surface area contributed by atoms with Gasteiger partial charge in [-0.2, -0.15) is 0 Å². The van der Waals surface area contributed by atoms with Gasteiger partial charge in [-0.05, 0) is 17.7 Å². The number of halogens is 2. The molecule has 2 N–H and O–H groups in total. The number of piperazine rings is 1. The third kappa shape index (κ3) is 1.91. The highest BCUT2D eigenvalue weighted by atomic mass is 19.2. The third-order valence-electron chi connectivity index (χ3n) is 2.39. The van der Waals surface area contributed by atoms with Crippen molar-refractivity contribution in [1.82, 2.24) is 10.6 Å². The highest BCUT2D eigenvalue weighted by Gasteiger charge is 2.15. The summed E-state index contributed by atoms with van der Waals surface area (Å²) in [6, 6.07) is 4.11. The molecule has 1 aromatic rings. The van der Waals surface area contributed by atoms with E-state index in [1.165, 1.54) is 12.1 Å². The molecule has 4 heteroatoms. The van der Waals surface area contributed by atoms with Crippen molar-refractivity contribution >= 4 is 0 Å². The van der Waals surface area contributed by atoms with Crippen LogP contribution < -0.4 is 10.6 Å². The molecule has 1 fully saturated rings. The molecular formula is C10H12F2N2. The second-order valence-electron chi connectivity index (χ2n) is 3.38. The van der Waals surface area contributed by atoms with Gasteiger partial charge in [-0.15, -0.1) is 0 Å². The van der Waals surface area contributed by atoms with Crippen molar-refractivity contribution in [3.63, 3.8) is 0 Å². The van der Waals surface area contributed by atoms with Gasteiger partial charge in [0.25, 0.3) is 0 Å². The Morgan fingerprint density at radius 3 is 2.64 bits per heavy atom. The third-order valence-corrected chi connectivity index (χ3v) is 2.39. The highest BCUT2D eigenvalue weighted by Crippen LogP contribution is 2.16. The Labute approximate surface area is 81.3 Å². The fourth-order valence-electron chi connectivity index (χ4n) is 1.62. The van der Waals surface area contributed by atoms with Crippen LogP contribution in [0.2, 0.25) is 0 Å². The fourth-order valence-corrected chi connectivity index (χ4v) is 1.62. The van der Waals surface area contributed by atoms with Crippen molar-refractivity contribution in [2.24, 2.45) is 0 Å². The zero-order valence-corrected chi connectivity index (χ0v) is 7.69. The van der Waals surface area contributed by atoms with E-state index in [1.807, 2.05) is 0 Å². The summed E-state index contributed by atoms with van der Waals surface area (Å²) in [5, 5.41) is 6.42. The molecule has 0 aromatic heterocycles. The van der Waals surface area contributed by atoms with Gasteiger partial charge in [0.2, 0.25) is 0 Å². The molecule has 1 aromatic carbocycles. The summed E-state index contributed by atoms with van der Waals surface area (Å²) in [7, 11) is 0. The molecule has 76 valence electrons. The molecule has 0 unspecified atom stereocenters. The quantitative estimate of drug-likeness (QED) is 0.708. The molecule has 0 bridgehead atoms. The molecule has 0 amide bonds. The van der Waals surface area contributed by atoms with E-state index >= 15 is 0 Å². The second kappa shape index (κ2) is 4.02. The maximum atomic E-state index is 12.9. The van der Waals surface area contributed by atoms with Gasteiger partial charge < -0.3 is 10.6 Å². The second-order valence-corrected chi connectivity index (χ2v) is 3.38. The van der Waals surface area contributed by atoms with E-state index < -0.39 is 11.6 Å². The van der Waals surface area contributed by atoms with Crippen LogP contribution in [0.1, 0.15) is 11.6 Å². The first kappa shape index (κ1) is 9.55. The van der Waals surface area contributed by atoms with Crippen LogP contribution in [-0.2, 0) is 0 Å². The van der Waals surface area contributed by atoms with E-state index in [9.17, 15) is 8.78 Å². The normalized spacial score (nSPS) is 22.3. The zero-order valence-electron chi connectivity index (χ0n) is 7.69. The number of hydrogen-bond donors (Lipinski definition) is 2. The molecule has 0 spiro atoms. The molecule has 1 aliphatic rings. The summed E-state index contributed by atoms with van der Waals surface area (Å²) in [5.74, 6) is -1.58. The Bertz CT molecular complexity index is 322. The van der Waals surface area contributed by atoms with E-state index in [2.05, 4.69) is 10.6 Å². The van der Waals surface area contributed by atoms with Gasteiger partial charge in [0.05, 0.1) is 0 Å². The van der Waals surface area contributed by atoms with Crippen molar-refractivity contribution in [3.05, 3.63) is 35.4 Å². The van der Waals surface area contributed by atoms with Gasteiger partial charge >= 0.3 is 0 Å². The van der Waals surface area contributed by atoms with Gasteiger partial charge in [-0.25, -0.2) is 8.78 Å². The van der Waals surface area contributed by atoms with Gasteiger partial charge in [0, 0.05) is 25.7 Å². The molecule has 2 nitrogen and oxygen atoms in total. The molecule has 1 atom stereocenters. The standard InChI is InChI=1S/C10H12F2N2/c11-8-2-1-7(5-9(8)12)10-6-13-3-4-14-10/h1-2,5,10,13-14H,3-4,6H2/t10-/m1/s1. The molecule has 0 radical (unpaired) electrons. The van der Waals surface area contributed by atoms with Crippen LogP contribution >= 0.6 is 0 Å². The van der Waals surface area contributed by atoms with Gasteiger partial charge in [-0.1, -0.05) is 6.07 Å². The number of hydrogen-bond acceptors (Lipinski definition) is 2. The average molecular weight is 198 g/mol. The van der Waals surface area contributed by atoms with Crippen LogP contribution in [0.15, 0.2) is 18.2 Å². The fraction of sp³-hybridized carbons (Fsp3) is 0.400. The molecule has 1 heterocycles. The molecule has 0 saturated carbocycles. The molecule has 1 aliphatic heterocycles. The summed E-state index contributed by atoms with van der Waals surface area (Å²) in [4.78, 5) is 0. The summed E-state index contributed by atoms with van der Waals surface area (Å²) in [6.45, 7) is 2.52. The lowest BCUT2D eigenvalue weighted by Crippen LogP contribution is -2.42. The molecule has 1 saturated heterocycles. The van der Waals surface area contributed by atoms with E-state index in [0.29, 0.717) is 0 Å². The molecule has 2 rings (SSSR count). The number of nitrogens with one attached hydrogen (secondary N) is 2. The minimum Gasteiger partial charge on any atom is -0.314 e. The summed E-state index contributed by atoms with van der Waals surface area (Å²) >= 11 is 0. The lowest BCUT2D eigenvalue weighted by atomic mass is 10.1. The predicted octanol–water partition coefficient (Wildman–Crippen LogP) is 1.20. The minimum absolute atomic E-state index is 0.0823. The molecule has 0 aliphatic carbocycles. The maximum Gasteiger partial charge on any atom is 0.159 e. The van der Waals surface area contributed by atoms with Crippen LogP contribution in [0.4, 0.5) is 8.78 Å². The Morgan fingerprint density at radius 2 is 2.00 bits per heavy atom.